The van der Waals surface area contributed by atoms with Crippen LogP contribution in [0.15, 0.2) is 24.3 Å². The van der Waals surface area contributed by atoms with Crippen LogP contribution in [0.2, 0.25) is 0 Å². The average molecular weight is 286 g/mol. The normalized spacial score (nSPS) is 26.2. The molecule has 116 valence electrons. The molecule has 1 aromatic carbocycles. The quantitative estimate of drug-likeness (QED) is 0.857. The summed E-state index contributed by atoms with van der Waals surface area (Å²) in [6, 6.07) is 10.6. The third kappa shape index (κ3) is 3.87. The van der Waals surface area contributed by atoms with Gasteiger partial charge in [-0.15, -0.1) is 0 Å². The SMILES string of the molecule is Cc1cccc(C2CC(NCCN(C)C3CCCC3)C2)c1. The van der Waals surface area contributed by atoms with E-state index >= 15 is 0 Å². The molecule has 0 atom stereocenters. The first-order chi connectivity index (χ1) is 10.2. The molecule has 0 radical (unpaired) electrons. The molecule has 0 saturated heterocycles. The van der Waals surface area contributed by atoms with E-state index in [0.29, 0.717) is 0 Å². The zero-order valence-corrected chi connectivity index (χ0v) is 13.6. The van der Waals surface area contributed by atoms with Gasteiger partial charge in [0.15, 0.2) is 0 Å². The summed E-state index contributed by atoms with van der Waals surface area (Å²) in [5.41, 5.74) is 2.93. The molecule has 1 aromatic rings. The minimum absolute atomic E-state index is 0.743. The average Bonchev–Trinajstić information content (AvgIpc) is 2.95. The van der Waals surface area contributed by atoms with Crippen LogP contribution < -0.4 is 5.32 Å². The number of aryl methyl sites for hydroxylation is 1. The molecular formula is C19H30N2. The van der Waals surface area contributed by atoms with Gasteiger partial charge in [-0.2, -0.15) is 0 Å². The van der Waals surface area contributed by atoms with Gasteiger partial charge in [0.25, 0.3) is 0 Å². The second kappa shape index (κ2) is 6.93. The first-order valence-electron chi connectivity index (χ1n) is 8.72. The van der Waals surface area contributed by atoms with Crippen molar-refractivity contribution < 1.29 is 0 Å². The first-order valence-corrected chi connectivity index (χ1v) is 8.72. The summed E-state index contributed by atoms with van der Waals surface area (Å²) in [5.74, 6) is 0.787. The van der Waals surface area contributed by atoms with Crippen LogP contribution in [0.5, 0.6) is 0 Å². The molecule has 2 nitrogen and oxygen atoms in total. The van der Waals surface area contributed by atoms with Crippen LogP contribution in [0.1, 0.15) is 55.6 Å². The summed E-state index contributed by atoms with van der Waals surface area (Å²) in [6.07, 6.45) is 8.32. The van der Waals surface area contributed by atoms with Crippen molar-refractivity contribution in [2.24, 2.45) is 0 Å². The minimum atomic E-state index is 0.743. The maximum atomic E-state index is 3.75. The zero-order valence-electron chi connectivity index (χ0n) is 13.6. The Morgan fingerprint density at radius 1 is 1.19 bits per heavy atom. The Kier molecular flexibility index (Phi) is 4.97. The molecule has 2 heteroatoms. The van der Waals surface area contributed by atoms with Gasteiger partial charge in [0.1, 0.15) is 0 Å². The molecule has 2 fully saturated rings. The highest BCUT2D eigenvalue weighted by atomic mass is 15.1. The lowest BCUT2D eigenvalue weighted by molar-refractivity contribution is 0.225. The fraction of sp³-hybridized carbons (Fsp3) is 0.684. The molecule has 0 unspecified atom stereocenters. The lowest BCUT2D eigenvalue weighted by Gasteiger charge is -2.37. The fourth-order valence-corrected chi connectivity index (χ4v) is 3.95. The Bertz CT molecular complexity index is 445. The fourth-order valence-electron chi connectivity index (χ4n) is 3.95. The Morgan fingerprint density at radius 3 is 2.67 bits per heavy atom. The van der Waals surface area contributed by atoms with Crippen LogP contribution in [-0.2, 0) is 0 Å². The molecule has 21 heavy (non-hydrogen) atoms. The molecule has 0 spiro atoms. The number of rotatable bonds is 6. The largest absolute Gasteiger partial charge is 0.313 e. The van der Waals surface area contributed by atoms with Crippen LogP contribution in [0.3, 0.4) is 0 Å². The third-order valence-electron chi connectivity index (χ3n) is 5.50. The van der Waals surface area contributed by atoms with Gasteiger partial charge in [0.05, 0.1) is 0 Å². The molecule has 0 bridgehead atoms. The summed E-state index contributed by atoms with van der Waals surface area (Å²) in [7, 11) is 2.30. The van der Waals surface area contributed by atoms with Crippen LogP contribution in [-0.4, -0.2) is 37.1 Å². The predicted molar refractivity (Wildman–Crippen MR) is 89.8 cm³/mol. The molecule has 0 aliphatic heterocycles. The standard InChI is InChI=1S/C19H30N2/c1-15-6-5-7-16(12-15)17-13-18(14-17)20-10-11-21(2)19-8-3-4-9-19/h5-7,12,17-20H,3-4,8-11,13-14H2,1-2H3. The lowest BCUT2D eigenvalue weighted by atomic mass is 9.75. The van der Waals surface area contributed by atoms with Gasteiger partial charge in [0, 0.05) is 25.2 Å². The van der Waals surface area contributed by atoms with E-state index in [2.05, 4.69) is 48.5 Å². The first kappa shape index (κ1) is 15.1. The van der Waals surface area contributed by atoms with E-state index in [-0.39, 0.29) is 0 Å². The number of likely N-dealkylation sites (N-methyl/N-ethyl adjacent to an activating group) is 1. The smallest absolute Gasteiger partial charge is 0.0107 e. The number of nitrogens with one attached hydrogen (secondary N) is 1. The van der Waals surface area contributed by atoms with Crippen molar-refractivity contribution in [3.63, 3.8) is 0 Å². The van der Waals surface area contributed by atoms with Gasteiger partial charge in [-0.05, 0) is 51.1 Å². The van der Waals surface area contributed by atoms with Crippen molar-refractivity contribution in [3.05, 3.63) is 35.4 Å². The lowest BCUT2D eigenvalue weighted by Crippen LogP contribution is -2.44. The van der Waals surface area contributed by atoms with E-state index in [4.69, 9.17) is 0 Å². The molecule has 0 heterocycles. The van der Waals surface area contributed by atoms with Crippen molar-refractivity contribution >= 4 is 0 Å². The van der Waals surface area contributed by atoms with Gasteiger partial charge in [0.2, 0.25) is 0 Å². The molecule has 2 aliphatic carbocycles. The molecular weight excluding hydrogens is 256 g/mol. The molecule has 0 amide bonds. The molecule has 2 saturated carbocycles. The van der Waals surface area contributed by atoms with Crippen LogP contribution in [0.25, 0.3) is 0 Å². The number of benzene rings is 1. The summed E-state index contributed by atoms with van der Waals surface area (Å²) < 4.78 is 0. The molecule has 2 aliphatic rings. The Balaban J connectivity index is 1.34. The predicted octanol–water partition coefficient (Wildman–Crippen LogP) is 3.71. The van der Waals surface area contributed by atoms with Crippen molar-refractivity contribution in [1.29, 1.82) is 0 Å². The van der Waals surface area contributed by atoms with Gasteiger partial charge < -0.3 is 10.2 Å². The Labute approximate surface area is 129 Å². The highest BCUT2D eigenvalue weighted by molar-refractivity contribution is 5.27. The molecule has 0 aromatic heterocycles. The van der Waals surface area contributed by atoms with Crippen LogP contribution >= 0.6 is 0 Å². The Morgan fingerprint density at radius 2 is 1.95 bits per heavy atom. The summed E-state index contributed by atoms with van der Waals surface area (Å²) in [5, 5.41) is 3.75. The minimum Gasteiger partial charge on any atom is -0.313 e. The second-order valence-corrected chi connectivity index (χ2v) is 7.15. The van der Waals surface area contributed by atoms with Crippen molar-refractivity contribution in [1.82, 2.24) is 10.2 Å². The van der Waals surface area contributed by atoms with Gasteiger partial charge in [-0.3, -0.25) is 0 Å². The second-order valence-electron chi connectivity index (χ2n) is 7.15. The number of hydrogen-bond donors (Lipinski definition) is 1. The topological polar surface area (TPSA) is 15.3 Å². The van der Waals surface area contributed by atoms with Crippen molar-refractivity contribution in [3.8, 4) is 0 Å². The van der Waals surface area contributed by atoms with E-state index in [1.165, 1.54) is 56.2 Å². The monoisotopic (exact) mass is 286 g/mol. The summed E-state index contributed by atoms with van der Waals surface area (Å²) in [4.78, 5) is 2.57. The highest BCUT2D eigenvalue weighted by Crippen LogP contribution is 2.37. The van der Waals surface area contributed by atoms with Crippen molar-refractivity contribution in [2.75, 3.05) is 20.1 Å². The Hall–Kier alpha value is -0.860. The molecule has 1 N–H and O–H groups in total. The van der Waals surface area contributed by atoms with E-state index in [9.17, 15) is 0 Å². The summed E-state index contributed by atoms with van der Waals surface area (Å²) in [6.45, 7) is 4.55. The van der Waals surface area contributed by atoms with Gasteiger partial charge in [-0.25, -0.2) is 0 Å². The van der Waals surface area contributed by atoms with E-state index < -0.39 is 0 Å². The highest BCUT2D eigenvalue weighted by Gasteiger charge is 2.29. The van der Waals surface area contributed by atoms with Crippen molar-refractivity contribution in [2.45, 2.75) is 63.5 Å². The maximum absolute atomic E-state index is 3.75. The maximum Gasteiger partial charge on any atom is 0.0107 e. The molecule has 3 rings (SSSR count). The van der Waals surface area contributed by atoms with Crippen LogP contribution in [0, 0.1) is 6.92 Å². The van der Waals surface area contributed by atoms with E-state index in [1.54, 1.807) is 0 Å². The summed E-state index contributed by atoms with van der Waals surface area (Å²) >= 11 is 0. The zero-order chi connectivity index (χ0) is 14.7. The van der Waals surface area contributed by atoms with Gasteiger partial charge >= 0.3 is 0 Å². The van der Waals surface area contributed by atoms with E-state index in [0.717, 1.165) is 24.5 Å². The van der Waals surface area contributed by atoms with E-state index in [1.807, 2.05) is 0 Å². The number of hydrogen-bond acceptors (Lipinski definition) is 2. The van der Waals surface area contributed by atoms with Gasteiger partial charge in [-0.1, -0.05) is 42.7 Å². The van der Waals surface area contributed by atoms with Crippen LogP contribution in [0.4, 0.5) is 0 Å². The third-order valence-corrected chi connectivity index (χ3v) is 5.50. The number of nitrogens with zero attached hydrogens (tertiary/aromatic N) is 1.